The smallest absolute Gasteiger partial charge is 0.0252 e. The van der Waals surface area contributed by atoms with E-state index in [-0.39, 0.29) is 0 Å². The van der Waals surface area contributed by atoms with Crippen molar-refractivity contribution < 1.29 is 0 Å². The highest BCUT2D eigenvalue weighted by atomic mass is 15.0. The summed E-state index contributed by atoms with van der Waals surface area (Å²) < 4.78 is 0. The summed E-state index contributed by atoms with van der Waals surface area (Å²) in [6.45, 7) is 11.0. The number of hydrogen-bond donors (Lipinski definition) is 1. The van der Waals surface area contributed by atoms with Crippen LogP contribution in [-0.4, -0.2) is 6.04 Å². The Hall–Kier alpha value is -0.460. The van der Waals surface area contributed by atoms with Crippen LogP contribution in [-0.2, 0) is 0 Å². The van der Waals surface area contributed by atoms with Crippen molar-refractivity contribution >= 4 is 0 Å². The lowest BCUT2D eigenvalue weighted by molar-refractivity contribution is -0.0769. The molecule has 3 aliphatic rings. The van der Waals surface area contributed by atoms with E-state index in [0.717, 1.165) is 5.92 Å². The lowest BCUT2D eigenvalue weighted by Gasteiger charge is -2.63. The van der Waals surface area contributed by atoms with Crippen molar-refractivity contribution in [3.8, 4) is 0 Å². The minimum atomic E-state index is 0.536. The average molecular weight is 179 g/mol. The summed E-state index contributed by atoms with van der Waals surface area (Å²) in [6.07, 6.45) is 4.22. The first-order valence-corrected chi connectivity index (χ1v) is 5.49. The van der Waals surface area contributed by atoms with Crippen LogP contribution < -0.4 is 5.32 Å². The summed E-state index contributed by atoms with van der Waals surface area (Å²) in [5.74, 6) is 1.75. The van der Waals surface area contributed by atoms with Crippen LogP contribution in [0, 0.1) is 17.3 Å². The summed E-state index contributed by atoms with van der Waals surface area (Å²) in [5.41, 5.74) is 1.85. The van der Waals surface area contributed by atoms with Gasteiger partial charge in [0.05, 0.1) is 0 Å². The Labute approximate surface area is 81.6 Å². The van der Waals surface area contributed by atoms with Gasteiger partial charge >= 0.3 is 0 Å². The van der Waals surface area contributed by atoms with Crippen LogP contribution >= 0.6 is 0 Å². The van der Waals surface area contributed by atoms with Crippen molar-refractivity contribution in [1.82, 2.24) is 5.32 Å². The minimum Gasteiger partial charge on any atom is -0.386 e. The normalized spacial score (nSPS) is 37.7. The Morgan fingerprint density at radius 1 is 1.31 bits per heavy atom. The van der Waals surface area contributed by atoms with Crippen molar-refractivity contribution in [2.45, 2.75) is 46.1 Å². The van der Waals surface area contributed by atoms with Gasteiger partial charge in [0.15, 0.2) is 0 Å². The maximum atomic E-state index is 4.20. The van der Waals surface area contributed by atoms with E-state index in [2.05, 4.69) is 32.7 Å². The van der Waals surface area contributed by atoms with Crippen LogP contribution in [0.4, 0.5) is 0 Å². The molecule has 0 heterocycles. The number of nitrogens with one attached hydrogen (secondary N) is 1. The first-order valence-electron chi connectivity index (χ1n) is 5.49. The van der Waals surface area contributed by atoms with Crippen molar-refractivity contribution in [3.05, 3.63) is 12.3 Å². The molecule has 0 aliphatic heterocycles. The highest BCUT2D eigenvalue weighted by molar-refractivity contribution is 5.23. The van der Waals surface area contributed by atoms with Gasteiger partial charge in [0, 0.05) is 17.2 Å². The molecule has 0 aromatic rings. The molecular formula is C12H21N. The van der Waals surface area contributed by atoms with Crippen LogP contribution in [0.3, 0.4) is 0 Å². The molecule has 3 saturated carbocycles. The largest absolute Gasteiger partial charge is 0.386 e. The zero-order valence-corrected chi connectivity index (χ0v) is 9.06. The molecule has 0 radical (unpaired) electrons. The maximum absolute atomic E-state index is 4.20. The predicted molar refractivity (Wildman–Crippen MR) is 56.3 cm³/mol. The van der Waals surface area contributed by atoms with Gasteiger partial charge in [-0.05, 0) is 38.0 Å². The second kappa shape index (κ2) is 2.76. The first kappa shape index (κ1) is 9.11. The van der Waals surface area contributed by atoms with Gasteiger partial charge in [-0.3, -0.25) is 0 Å². The fourth-order valence-corrected chi connectivity index (χ4v) is 2.44. The molecular weight excluding hydrogens is 158 g/mol. The van der Waals surface area contributed by atoms with Gasteiger partial charge in [-0.15, -0.1) is 0 Å². The molecule has 3 aliphatic carbocycles. The second-order valence-corrected chi connectivity index (χ2v) is 5.41. The standard InChI is InChI=1S/C12H21N/c1-8(2)9(3)13-10(4)12-5-11(6-12)7-12/h8-9,11,13H,4-7H2,1-3H3/t9-,11?,12?/m1/s1. The Morgan fingerprint density at radius 2 is 1.85 bits per heavy atom. The molecule has 0 aromatic heterocycles. The van der Waals surface area contributed by atoms with Gasteiger partial charge in [-0.1, -0.05) is 20.4 Å². The molecule has 0 amide bonds. The predicted octanol–water partition coefficient (Wildman–Crippen LogP) is 2.93. The van der Waals surface area contributed by atoms with Gasteiger partial charge in [0.25, 0.3) is 0 Å². The second-order valence-electron chi connectivity index (χ2n) is 5.41. The third-order valence-corrected chi connectivity index (χ3v) is 4.08. The first-order chi connectivity index (χ1) is 6.03. The molecule has 0 unspecified atom stereocenters. The van der Waals surface area contributed by atoms with E-state index in [0.29, 0.717) is 17.4 Å². The van der Waals surface area contributed by atoms with Gasteiger partial charge < -0.3 is 5.32 Å². The van der Waals surface area contributed by atoms with Gasteiger partial charge in [-0.25, -0.2) is 0 Å². The zero-order valence-electron chi connectivity index (χ0n) is 9.06. The fraction of sp³-hybridized carbons (Fsp3) is 0.833. The van der Waals surface area contributed by atoms with E-state index in [1.54, 1.807) is 0 Å². The topological polar surface area (TPSA) is 12.0 Å². The van der Waals surface area contributed by atoms with Crippen molar-refractivity contribution in [1.29, 1.82) is 0 Å². The number of rotatable bonds is 4. The minimum absolute atomic E-state index is 0.536. The monoisotopic (exact) mass is 179 g/mol. The molecule has 1 nitrogen and oxygen atoms in total. The Bertz CT molecular complexity index is 212. The lowest BCUT2D eigenvalue weighted by Crippen LogP contribution is -2.56. The zero-order chi connectivity index (χ0) is 9.64. The van der Waals surface area contributed by atoms with Crippen molar-refractivity contribution in [3.63, 3.8) is 0 Å². The number of hydrogen-bond acceptors (Lipinski definition) is 1. The van der Waals surface area contributed by atoms with Crippen LogP contribution in [0.1, 0.15) is 40.0 Å². The molecule has 1 atom stereocenters. The highest BCUT2D eigenvalue weighted by Gasteiger charge is 2.58. The van der Waals surface area contributed by atoms with E-state index in [4.69, 9.17) is 0 Å². The van der Waals surface area contributed by atoms with E-state index < -0.39 is 0 Å². The van der Waals surface area contributed by atoms with E-state index in [1.807, 2.05) is 0 Å². The van der Waals surface area contributed by atoms with E-state index in [1.165, 1.54) is 25.0 Å². The Balaban J connectivity index is 1.84. The van der Waals surface area contributed by atoms with E-state index in [9.17, 15) is 0 Å². The molecule has 0 spiro atoms. The Morgan fingerprint density at radius 3 is 2.15 bits per heavy atom. The fourth-order valence-electron chi connectivity index (χ4n) is 2.44. The molecule has 2 bridgehead atoms. The third-order valence-electron chi connectivity index (χ3n) is 4.08. The van der Waals surface area contributed by atoms with Crippen LogP contribution in [0.25, 0.3) is 0 Å². The molecule has 1 N–H and O–H groups in total. The average Bonchev–Trinajstić information content (AvgIpc) is 1.78. The molecule has 13 heavy (non-hydrogen) atoms. The molecule has 1 heteroatoms. The van der Waals surface area contributed by atoms with Gasteiger partial charge in [0.1, 0.15) is 0 Å². The summed E-state index contributed by atoms with van der Waals surface area (Å²) in [6, 6.07) is 0.571. The van der Waals surface area contributed by atoms with Gasteiger partial charge in [0.2, 0.25) is 0 Å². The molecule has 74 valence electrons. The molecule has 0 saturated heterocycles. The summed E-state index contributed by atoms with van der Waals surface area (Å²) in [4.78, 5) is 0. The van der Waals surface area contributed by atoms with Crippen LogP contribution in [0.5, 0.6) is 0 Å². The Kier molecular flexibility index (Phi) is 1.94. The van der Waals surface area contributed by atoms with Crippen LogP contribution in [0.15, 0.2) is 12.3 Å². The summed E-state index contributed by atoms with van der Waals surface area (Å²) in [5, 5.41) is 3.57. The SMILES string of the molecule is C=C(N[C@H](C)C(C)C)C12CC(C1)C2. The van der Waals surface area contributed by atoms with E-state index >= 15 is 0 Å². The summed E-state index contributed by atoms with van der Waals surface area (Å²) in [7, 11) is 0. The number of allylic oxidation sites excluding steroid dienone is 1. The van der Waals surface area contributed by atoms with Gasteiger partial charge in [-0.2, -0.15) is 0 Å². The lowest BCUT2D eigenvalue weighted by atomic mass is 9.43. The molecule has 3 rings (SSSR count). The highest BCUT2D eigenvalue weighted by Crippen LogP contribution is 2.67. The van der Waals surface area contributed by atoms with Crippen molar-refractivity contribution in [2.24, 2.45) is 17.3 Å². The molecule has 0 aromatic carbocycles. The quantitative estimate of drug-likeness (QED) is 0.699. The van der Waals surface area contributed by atoms with Crippen molar-refractivity contribution in [2.75, 3.05) is 0 Å². The maximum Gasteiger partial charge on any atom is 0.0252 e. The third kappa shape index (κ3) is 1.29. The molecule has 3 fully saturated rings. The van der Waals surface area contributed by atoms with Crippen LogP contribution in [0.2, 0.25) is 0 Å². The summed E-state index contributed by atoms with van der Waals surface area (Å²) >= 11 is 0.